The van der Waals surface area contributed by atoms with E-state index in [1.54, 1.807) is 0 Å². The molecule has 2 aliphatic rings. The van der Waals surface area contributed by atoms with E-state index in [0.717, 1.165) is 17.8 Å². The molecule has 2 fully saturated rings. The minimum atomic E-state index is 0.961. The summed E-state index contributed by atoms with van der Waals surface area (Å²) in [6.45, 7) is 2.34. The highest BCUT2D eigenvalue weighted by molar-refractivity contribution is 4.88. The zero-order chi connectivity index (χ0) is 15.5. The minimum absolute atomic E-state index is 0.961. The minimum Gasteiger partial charge on any atom is -0.0654 e. The second-order valence-corrected chi connectivity index (χ2v) is 8.17. The van der Waals surface area contributed by atoms with Crippen LogP contribution in [0.1, 0.15) is 116 Å². The van der Waals surface area contributed by atoms with Crippen LogP contribution in [0.3, 0.4) is 0 Å². The van der Waals surface area contributed by atoms with Gasteiger partial charge >= 0.3 is 0 Å². The van der Waals surface area contributed by atoms with Gasteiger partial charge in [0.2, 0.25) is 0 Å². The first kappa shape index (κ1) is 18.3. The highest BCUT2D eigenvalue weighted by Crippen LogP contribution is 2.40. The summed E-state index contributed by atoms with van der Waals surface area (Å²) < 4.78 is 0. The second-order valence-electron chi connectivity index (χ2n) is 8.17. The molecule has 129 valence electrons. The van der Waals surface area contributed by atoms with Gasteiger partial charge < -0.3 is 0 Å². The average Bonchev–Trinajstić information content (AvgIpc) is 2.45. The summed E-state index contributed by atoms with van der Waals surface area (Å²) in [4.78, 5) is 0. The molecule has 0 heteroatoms. The van der Waals surface area contributed by atoms with Gasteiger partial charge in [0.1, 0.15) is 0 Å². The van der Waals surface area contributed by atoms with Gasteiger partial charge in [-0.15, -0.1) is 0 Å². The van der Waals surface area contributed by atoms with Crippen LogP contribution in [0.15, 0.2) is 0 Å². The molecule has 1 radical (unpaired) electrons. The monoisotopic (exact) mass is 305 g/mol. The van der Waals surface area contributed by atoms with Crippen LogP contribution >= 0.6 is 0 Å². The molecule has 2 rings (SSSR count). The molecule has 0 aromatic rings. The highest BCUT2D eigenvalue weighted by Gasteiger charge is 2.29. The van der Waals surface area contributed by atoms with Crippen molar-refractivity contribution in [1.29, 1.82) is 0 Å². The lowest BCUT2D eigenvalue weighted by Gasteiger charge is -2.36. The maximum Gasteiger partial charge on any atom is -0.0326 e. The summed E-state index contributed by atoms with van der Waals surface area (Å²) in [6, 6.07) is 0. The van der Waals surface area contributed by atoms with E-state index in [1.165, 1.54) is 109 Å². The van der Waals surface area contributed by atoms with E-state index < -0.39 is 0 Å². The molecule has 0 spiro atoms. The molecule has 0 bridgehead atoms. The fourth-order valence-electron chi connectivity index (χ4n) is 5.03. The van der Waals surface area contributed by atoms with Crippen molar-refractivity contribution in [1.82, 2.24) is 0 Å². The number of hydrogen-bond acceptors (Lipinski definition) is 0. The normalized spacial score (nSPS) is 23.7. The Bertz CT molecular complexity index is 219. The summed E-state index contributed by atoms with van der Waals surface area (Å²) in [5.41, 5.74) is 0. The lowest BCUT2D eigenvalue weighted by Crippen LogP contribution is -2.26. The van der Waals surface area contributed by atoms with Gasteiger partial charge in [-0.25, -0.2) is 0 Å². The Morgan fingerprint density at radius 3 is 1.50 bits per heavy atom. The largest absolute Gasteiger partial charge is 0.0654 e. The highest BCUT2D eigenvalue weighted by atomic mass is 14.3. The summed E-state index contributed by atoms with van der Waals surface area (Å²) in [6.07, 6.45) is 28.1. The van der Waals surface area contributed by atoms with Crippen molar-refractivity contribution in [2.45, 2.75) is 116 Å². The first-order chi connectivity index (χ1) is 10.9. The maximum atomic E-state index is 2.81. The molecule has 0 amide bonds. The first-order valence-electron chi connectivity index (χ1n) is 10.7. The topological polar surface area (TPSA) is 0 Å². The van der Waals surface area contributed by atoms with Gasteiger partial charge in [-0.3, -0.25) is 0 Å². The van der Waals surface area contributed by atoms with Crippen LogP contribution in [0, 0.1) is 24.2 Å². The van der Waals surface area contributed by atoms with Crippen molar-refractivity contribution < 1.29 is 0 Å². The number of rotatable bonds is 6. The third kappa shape index (κ3) is 6.63. The molecule has 0 heterocycles. The summed E-state index contributed by atoms with van der Waals surface area (Å²) in [5.74, 6) is 3.02. The van der Waals surface area contributed by atoms with Crippen molar-refractivity contribution in [2.24, 2.45) is 17.8 Å². The number of hydrogen-bond donors (Lipinski definition) is 0. The molecule has 2 aliphatic carbocycles. The van der Waals surface area contributed by atoms with Gasteiger partial charge in [-0.1, -0.05) is 110 Å². The third-order valence-electron chi connectivity index (χ3n) is 6.38. The van der Waals surface area contributed by atoms with E-state index in [4.69, 9.17) is 0 Å². The molecule has 2 saturated carbocycles. The Balaban J connectivity index is 1.95. The number of unbranched alkanes of at least 4 members (excludes halogenated alkanes) is 2. The molecule has 0 saturated heterocycles. The van der Waals surface area contributed by atoms with Crippen molar-refractivity contribution in [2.75, 3.05) is 0 Å². The molecular weight excluding hydrogens is 264 g/mol. The standard InChI is InChI=1S/C22H41/c1-2-3-10-19-22(20-15-11-6-4-7-12-16-20)21-17-13-8-5-9-14-18-21/h19-22H,2-18H2,1H3. The third-order valence-corrected chi connectivity index (χ3v) is 6.38. The molecule has 0 aliphatic heterocycles. The van der Waals surface area contributed by atoms with Crippen LogP contribution in [0.5, 0.6) is 0 Å². The Labute approximate surface area is 140 Å². The Hall–Kier alpha value is 0. The van der Waals surface area contributed by atoms with Crippen LogP contribution in [0.2, 0.25) is 0 Å². The van der Waals surface area contributed by atoms with Crippen molar-refractivity contribution in [3.63, 3.8) is 0 Å². The van der Waals surface area contributed by atoms with E-state index in [0.29, 0.717) is 0 Å². The van der Waals surface area contributed by atoms with E-state index >= 15 is 0 Å². The molecular formula is C22H41. The molecule has 0 aromatic heterocycles. The van der Waals surface area contributed by atoms with Gasteiger partial charge in [0.25, 0.3) is 0 Å². The predicted octanol–water partition coefficient (Wildman–Crippen LogP) is 7.72. The van der Waals surface area contributed by atoms with Gasteiger partial charge in [-0.2, -0.15) is 0 Å². The summed E-state index contributed by atoms with van der Waals surface area (Å²) in [5, 5.41) is 0. The van der Waals surface area contributed by atoms with Crippen molar-refractivity contribution in [3.05, 3.63) is 6.42 Å². The molecule has 0 N–H and O–H groups in total. The molecule has 0 atom stereocenters. The van der Waals surface area contributed by atoms with Crippen LogP contribution < -0.4 is 0 Å². The summed E-state index contributed by atoms with van der Waals surface area (Å²) >= 11 is 0. The molecule has 0 nitrogen and oxygen atoms in total. The van der Waals surface area contributed by atoms with Gasteiger partial charge in [-0.05, 0) is 30.6 Å². The zero-order valence-corrected chi connectivity index (χ0v) is 15.3. The molecule has 22 heavy (non-hydrogen) atoms. The predicted molar refractivity (Wildman–Crippen MR) is 98.9 cm³/mol. The zero-order valence-electron chi connectivity index (χ0n) is 15.3. The lowest BCUT2D eigenvalue weighted by molar-refractivity contribution is 0.183. The molecule has 0 aromatic carbocycles. The van der Waals surface area contributed by atoms with Crippen LogP contribution in [0.25, 0.3) is 0 Å². The van der Waals surface area contributed by atoms with E-state index in [9.17, 15) is 0 Å². The van der Waals surface area contributed by atoms with Crippen LogP contribution in [0.4, 0.5) is 0 Å². The van der Waals surface area contributed by atoms with Crippen molar-refractivity contribution in [3.8, 4) is 0 Å². The van der Waals surface area contributed by atoms with Gasteiger partial charge in [0, 0.05) is 0 Å². The first-order valence-corrected chi connectivity index (χ1v) is 10.7. The second kappa shape index (κ2) is 11.5. The van der Waals surface area contributed by atoms with Crippen LogP contribution in [-0.2, 0) is 0 Å². The van der Waals surface area contributed by atoms with E-state index in [-0.39, 0.29) is 0 Å². The van der Waals surface area contributed by atoms with E-state index in [2.05, 4.69) is 13.3 Å². The van der Waals surface area contributed by atoms with Crippen molar-refractivity contribution >= 4 is 0 Å². The summed E-state index contributed by atoms with van der Waals surface area (Å²) in [7, 11) is 0. The molecule has 0 unspecified atom stereocenters. The van der Waals surface area contributed by atoms with E-state index in [1.807, 2.05) is 0 Å². The quantitative estimate of drug-likeness (QED) is 0.441. The van der Waals surface area contributed by atoms with Crippen LogP contribution in [-0.4, -0.2) is 0 Å². The van der Waals surface area contributed by atoms with Gasteiger partial charge in [0.05, 0.1) is 0 Å². The maximum absolute atomic E-state index is 2.81. The SMILES string of the molecule is CCCC[CH]C(C1CCCCCCC1)C1CCCCCCC1. The fraction of sp³-hybridized carbons (Fsp3) is 0.955. The average molecular weight is 306 g/mol. The Kier molecular flexibility index (Phi) is 9.61. The lowest BCUT2D eigenvalue weighted by atomic mass is 9.69. The fourth-order valence-corrected chi connectivity index (χ4v) is 5.03. The smallest absolute Gasteiger partial charge is 0.0326 e. The Morgan fingerprint density at radius 2 is 1.09 bits per heavy atom. The van der Waals surface area contributed by atoms with Gasteiger partial charge in [0.15, 0.2) is 0 Å². The Morgan fingerprint density at radius 1 is 0.682 bits per heavy atom.